The Balaban J connectivity index is 2.17. The van der Waals surface area contributed by atoms with Gasteiger partial charge < -0.3 is 11.1 Å². The normalized spacial score (nSPS) is 10.5. The monoisotopic (exact) mass is 269 g/mol. The molecule has 7 heteroatoms. The SMILES string of the molecule is Cc1ncsc1CNc1nc(Cl)nc(C)c1N. The van der Waals surface area contributed by atoms with E-state index in [0.717, 1.165) is 10.6 Å². The smallest absolute Gasteiger partial charge is 0.224 e. The summed E-state index contributed by atoms with van der Waals surface area (Å²) in [7, 11) is 0. The Morgan fingerprint density at radius 2 is 2.12 bits per heavy atom. The van der Waals surface area contributed by atoms with Gasteiger partial charge in [0.2, 0.25) is 5.28 Å². The molecule has 5 nitrogen and oxygen atoms in total. The molecule has 0 radical (unpaired) electrons. The standard InChI is InChI=1S/C10H12ClN5S/c1-5-7(17-4-14-5)3-13-9-8(12)6(2)15-10(11)16-9/h4H,3,12H2,1-2H3,(H,13,15,16). The Bertz CT molecular complexity index is 539. The highest BCUT2D eigenvalue weighted by Gasteiger charge is 2.08. The van der Waals surface area contributed by atoms with E-state index in [1.54, 1.807) is 18.3 Å². The molecular formula is C10H12ClN5S. The zero-order chi connectivity index (χ0) is 12.4. The molecule has 17 heavy (non-hydrogen) atoms. The molecule has 0 aliphatic heterocycles. The van der Waals surface area contributed by atoms with Crippen LogP contribution in [0.1, 0.15) is 16.3 Å². The molecule has 3 N–H and O–H groups in total. The molecule has 90 valence electrons. The lowest BCUT2D eigenvalue weighted by Gasteiger charge is -2.09. The van der Waals surface area contributed by atoms with Crippen molar-refractivity contribution in [3.8, 4) is 0 Å². The van der Waals surface area contributed by atoms with E-state index in [0.29, 0.717) is 23.7 Å². The van der Waals surface area contributed by atoms with Crippen LogP contribution >= 0.6 is 22.9 Å². The van der Waals surface area contributed by atoms with Crippen LogP contribution in [0.15, 0.2) is 5.51 Å². The maximum Gasteiger partial charge on any atom is 0.224 e. The summed E-state index contributed by atoms with van der Waals surface area (Å²) < 4.78 is 0. The van der Waals surface area contributed by atoms with Crippen LogP contribution in [-0.2, 0) is 6.54 Å². The minimum Gasteiger partial charge on any atom is -0.394 e. The third kappa shape index (κ3) is 2.65. The van der Waals surface area contributed by atoms with Crippen molar-refractivity contribution < 1.29 is 0 Å². The molecule has 0 spiro atoms. The van der Waals surface area contributed by atoms with Gasteiger partial charge in [0, 0.05) is 4.88 Å². The average Bonchev–Trinajstić information content (AvgIpc) is 2.67. The fourth-order valence-electron chi connectivity index (χ4n) is 1.34. The number of nitrogens with two attached hydrogens (primary N) is 1. The predicted molar refractivity (Wildman–Crippen MR) is 70.4 cm³/mol. The largest absolute Gasteiger partial charge is 0.394 e. The molecule has 0 amide bonds. The molecular weight excluding hydrogens is 258 g/mol. The van der Waals surface area contributed by atoms with Crippen LogP contribution in [0.25, 0.3) is 0 Å². The molecule has 2 aromatic heterocycles. The molecule has 2 aromatic rings. The van der Waals surface area contributed by atoms with E-state index in [-0.39, 0.29) is 5.28 Å². The highest BCUT2D eigenvalue weighted by Crippen LogP contribution is 2.22. The van der Waals surface area contributed by atoms with E-state index >= 15 is 0 Å². The van der Waals surface area contributed by atoms with Gasteiger partial charge in [0.15, 0.2) is 5.82 Å². The molecule has 0 atom stereocenters. The maximum atomic E-state index is 5.87. The summed E-state index contributed by atoms with van der Waals surface area (Å²) in [6.45, 7) is 4.40. The van der Waals surface area contributed by atoms with Crippen molar-refractivity contribution in [1.82, 2.24) is 15.0 Å². The highest BCUT2D eigenvalue weighted by molar-refractivity contribution is 7.09. The fourth-order valence-corrected chi connectivity index (χ4v) is 2.27. The zero-order valence-corrected chi connectivity index (χ0v) is 11.1. The van der Waals surface area contributed by atoms with E-state index in [4.69, 9.17) is 17.3 Å². The first-order valence-corrected chi connectivity index (χ1v) is 6.26. The number of nitrogens with zero attached hydrogens (tertiary/aromatic N) is 3. The lowest BCUT2D eigenvalue weighted by molar-refractivity contribution is 1.06. The number of hydrogen-bond donors (Lipinski definition) is 2. The third-order valence-corrected chi connectivity index (χ3v) is 3.47. The van der Waals surface area contributed by atoms with Crippen molar-refractivity contribution in [3.05, 3.63) is 27.1 Å². The first-order chi connectivity index (χ1) is 8.08. The van der Waals surface area contributed by atoms with Gasteiger partial charge in [0.05, 0.1) is 29.1 Å². The molecule has 2 rings (SSSR count). The number of hydrogen-bond acceptors (Lipinski definition) is 6. The van der Waals surface area contributed by atoms with Gasteiger partial charge in [-0.25, -0.2) is 9.97 Å². The predicted octanol–water partition coefficient (Wildman–Crippen LogP) is 2.40. The molecule has 0 bridgehead atoms. The molecule has 2 heterocycles. The van der Waals surface area contributed by atoms with E-state index in [2.05, 4.69) is 20.3 Å². The minimum atomic E-state index is 0.195. The van der Waals surface area contributed by atoms with E-state index in [1.807, 2.05) is 12.4 Å². The summed E-state index contributed by atoms with van der Waals surface area (Å²) in [5, 5.41) is 3.34. The van der Waals surface area contributed by atoms with Crippen molar-refractivity contribution in [1.29, 1.82) is 0 Å². The second kappa shape index (κ2) is 4.85. The van der Waals surface area contributed by atoms with Crippen LogP contribution in [0.5, 0.6) is 0 Å². The lowest BCUT2D eigenvalue weighted by Crippen LogP contribution is -2.07. The van der Waals surface area contributed by atoms with E-state index in [1.165, 1.54) is 0 Å². The van der Waals surface area contributed by atoms with Crippen molar-refractivity contribution in [2.75, 3.05) is 11.1 Å². The fraction of sp³-hybridized carbons (Fsp3) is 0.300. The Kier molecular flexibility index (Phi) is 3.44. The van der Waals surface area contributed by atoms with Gasteiger partial charge in [-0.1, -0.05) is 0 Å². The number of aromatic nitrogens is 3. The number of nitrogen functional groups attached to an aromatic ring is 1. The second-order valence-corrected chi connectivity index (χ2v) is 4.83. The Morgan fingerprint density at radius 1 is 1.35 bits per heavy atom. The Morgan fingerprint density at radius 3 is 2.76 bits per heavy atom. The van der Waals surface area contributed by atoms with Crippen LogP contribution in [-0.4, -0.2) is 15.0 Å². The van der Waals surface area contributed by atoms with Gasteiger partial charge in [-0.3, -0.25) is 0 Å². The van der Waals surface area contributed by atoms with Crippen molar-refractivity contribution >= 4 is 34.4 Å². The van der Waals surface area contributed by atoms with Crippen molar-refractivity contribution in [2.45, 2.75) is 20.4 Å². The summed E-state index contributed by atoms with van der Waals surface area (Å²) in [4.78, 5) is 13.4. The van der Waals surface area contributed by atoms with Crippen LogP contribution in [0.2, 0.25) is 5.28 Å². The van der Waals surface area contributed by atoms with Gasteiger partial charge in [-0.2, -0.15) is 4.98 Å². The summed E-state index contributed by atoms with van der Waals surface area (Å²) >= 11 is 7.38. The second-order valence-electron chi connectivity index (χ2n) is 3.55. The molecule has 0 aliphatic rings. The zero-order valence-electron chi connectivity index (χ0n) is 9.49. The number of thiazole rings is 1. The van der Waals surface area contributed by atoms with E-state index < -0.39 is 0 Å². The van der Waals surface area contributed by atoms with Gasteiger partial charge in [0.1, 0.15) is 0 Å². The number of halogens is 1. The molecule has 0 fully saturated rings. The lowest BCUT2D eigenvalue weighted by atomic mass is 10.3. The number of nitrogens with one attached hydrogen (secondary N) is 1. The minimum absolute atomic E-state index is 0.195. The quantitative estimate of drug-likeness (QED) is 0.837. The molecule has 0 unspecified atom stereocenters. The molecule has 0 aromatic carbocycles. The van der Waals surface area contributed by atoms with Gasteiger partial charge in [0.25, 0.3) is 0 Å². The first kappa shape index (κ1) is 12.1. The number of anilines is 2. The topological polar surface area (TPSA) is 76.7 Å². The number of aryl methyl sites for hydroxylation is 2. The van der Waals surface area contributed by atoms with Gasteiger partial charge in [-0.05, 0) is 25.4 Å². The highest BCUT2D eigenvalue weighted by atomic mass is 35.5. The van der Waals surface area contributed by atoms with Crippen molar-refractivity contribution in [2.24, 2.45) is 0 Å². The van der Waals surface area contributed by atoms with Crippen LogP contribution in [0.3, 0.4) is 0 Å². The van der Waals surface area contributed by atoms with Crippen LogP contribution < -0.4 is 11.1 Å². The average molecular weight is 270 g/mol. The Hall–Kier alpha value is -1.40. The van der Waals surface area contributed by atoms with Crippen LogP contribution in [0, 0.1) is 13.8 Å². The summed E-state index contributed by atoms with van der Waals surface area (Å²) in [5.74, 6) is 0.565. The van der Waals surface area contributed by atoms with Crippen molar-refractivity contribution in [3.63, 3.8) is 0 Å². The molecule has 0 saturated heterocycles. The Labute approximate surface area is 108 Å². The summed E-state index contributed by atoms with van der Waals surface area (Å²) in [6, 6.07) is 0. The third-order valence-electron chi connectivity index (χ3n) is 2.37. The molecule has 0 aliphatic carbocycles. The number of rotatable bonds is 3. The summed E-state index contributed by atoms with van der Waals surface area (Å²) in [5.41, 5.74) is 9.90. The van der Waals surface area contributed by atoms with Gasteiger partial charge in [-0.15, -0.1) is 11.3 Å². The van der Waals surface area contributed by atoms with Gasteiger partial charge >= 0.3 is 0 Å². The molecule has 0 saturated carbocycles. The maximum absolute atomic E-state index is 5.87. The summed E-state index contributed by atoms with van der Waals surface area (Å²) in [6.07, 6.45) is 0. The van der Waals surface area contributed by atoms with E-state index in [9.17, 15) is 0 Å². The first-order valence-electron chi connectivity index (χ1n) is 5.00. The van der Waals surface area contributed by atoms with Crippen LogP contribution in [0.4, 0.5) is 11.5 Å².